The molecule has 94 valence electrons. The summed E-state index contributed by atoms with van der Waals surface area (Å²) in [6, 6.07) is 9.59. The van der Waals surface area contributed by atoms with Crippen LogP contribution in [0, 0.1) is 0 Å². The molecule has 17 heavy (non-hydrogen) atoms. The van der Waals surface area contributed by atoms with Crippen LogP contribution in [0.2, 0.25) is 0 Å². The Kier molecular flexibility index (Phi) is 4.35. The quantitative estimate of drug-likeness (QED) is 0.885. The summed E-state index contributed by atoms with van der Waals surface area (Å²) in [5.74, 6) is 0.748. The molecule has 1 aliphatic carbocycles. The van der Waals surface area contributed by atoms with Gasteiger partial charge in [0.05, 0.1) is 0 Å². The van der Waals surface area contributed by atoms with Crippen molar-refractivity contribution in [3.8, 4) is 0 Å². The first kappa shape index (κ1) is 12.8. The molecule has 3 heteroatoms. The van der Waals surface area contributed by atoms with E-state index in [2.05, 4.69) is 36.5 Å². The van der Waals surface area contributed by atoms with E-state index in [-0.39, 0.29) is 0 Å². The predicted octanol–water partition coefficient (Wildman–Crippen LogP) is 1.90. The first-order valence-electron chi connectivity index (χ1n) is 6.28. The highest BCUT2D eigenvalue weighted by Gasteiger charge is 2.19. The topological polar surface area (TPSA) is 29.1 Å². The van der Waals surface area contributed by atoms with E-state index < -0.39 is 10.8 Å². The van der Waals surface area contributed by atoms with E-state index in [0.29, 0.717) is 12.1 Å². The molecule has 0 saturated heterocycles. The first-order chi connectivity index (χ1) is 8.15. The molecule has 0 saturated carbocycles. The Bertz CT molecular complexity index is 405. The van der Waals surface area contributed by atoms with Gasteiger partial charge in [-0.1, -0.05) is 24.3 Å². The lowest BCUT2D eigenvalue weighted by Crippen LogP contribution is -2.42. The molecule has 0 spiro atoms. The van der Waals surface area contributed by atoms with Gasteiger partial charge in [0.2, 0.25) is 0 Å². The molecule has 0 radical (unpaired) electrons. The second kappa shape index (κ2) is 5.78. The summed E-state index contributed by atoms with van der Waals surface area (Å²) in [5, 5.41) is 3.60. The third-order valence-corrected chi connectivity index (χ3v) is 4.32. The summed E-state index contributed by atoms with van der Waals surface area (Å²) in [7, 11) is -0.708. The van der Waals surface area contributed by atoms with E-state index in [0.717, 1.165) is 18.6 Å². The maximum Gasteiger partial charge on any atom is 0.0383 e. The van der Waals surface area contributed by atoms with Crippen LogP contribution in [0.5, 0.6) is 0 Å². The fraction of sp³-hybridized carbons (Fsp3) is 0.571. The number of fused-ring (bicyclic) bond motifs is 1. The van der Waals surface area contributed by atoms with Gasteiger partial charge in [0.1, 0.15) is 0 Å². The standard InChI is InChI=1S/C14H21NOS/c1-11(10-17(2)16)15-14-8-7-12-5-3-4-6-13(12)9-14/h3-6,11,14-15H,7-10H2,1-2H3. The fourth-order valence-electron chi connectivity index (χ4n) is 2.64. The van der Waals surface area contributed by atoms with Crippen LogP contribution >= 0.6 is 0 Å². The van der Waals surface area contributed by atoms with Crippen molar-refractivity contribution in [1.29, 1.82) is 0 Å². The Morgan fingerprint density at radius 1 is 1.41 bits per heavy atom. The van der Waals surface area contributed by atoms with Gasteiger partial charge in [0, 0.05) is 34.9 Å². The van der Waals surface area contributed by atoms with E-state index >= 15 is 0 Å². The number of hydrogen-bond acceptors (Lipinski definition) is 2. The van der Waals surface area contributed by atoms with Crippen LogP contribution < -0.4 is 5.32 Å². The predicted molar refractivity (Wildman–Crippen MR) is 73.8 cm³/mol. The van der Waals surface area contributed by atoms with Gasteiger partial charge in [0.15, 0.2) is 0 Å². The van der Waals surface area contributed by atoms with Gasteiger partial charge >= 0.3 is 0 Å². The van der Waals surface area contributed by atoms with E-state index in [1.54, 1.807) is 6.26 Å². The highest BCUT2D eigenvalue weighted by molar-refractivity contribution is 7.84. The zero-order valence-electron chi connectivity index (χ0n) is 10.6. The van der Waals surface area contributed by atoms with Gasteiger partial charge in [-0.05, 0) is 37.3 Å². The highest BCUT2D eigenvalue weighted by atomic mass is 32.2. The lowest BCUT2D eigenvalue weighted by molar-refractivity contribution is 0.423. The van der Waals surface area contributed by atoms with Gasteiger partial charge in [0.25, 0.3) is 0 Å². The molecule has 0 heterocycles. The summed E-state index contributed by atoms with van der Waals surface area (Å²) < 4.78 is 11.2. The van der Waals surface area contributed by atoms with Gasteiger partial charge in [-0.3, -0.25) is 4.21 Å². The molecule has 3 unspecified atom stereocenters. The van der Waals surface area contributed by atoms with Crippen molar-refractivity contribution < 1.29 is 4.21 Å². The van der Waals surface area contributed by atoms with Crippen LogP contribution in [-0.2, 0) is 23.6 Å². The Morgan fingerprint density at radius 2 is 2.12 bits per heavy atom. The lowest BCUT2D eigenvalue weighted by atomic mass is 9.88. The van der Waals surface area contributed by atoms with Gasteiger partial charge in [-0.25, -0.2) is 0 Å². The van der Waals surface area contributed by atoms with Crippen LogP contribution in [-0.4, -0.2) is 28.3 Å². The summed E-state index contributed by atoms with van der Waals surface area (Å²) in [5.41, 5.74) is 2.97. The maximum absolute atomic E-state index is 11.2. The smallest absolute Gasteiger partial charge is 0.0383 e. The molecular weight excluding hydrogens is 230 g/mol. The van der Waals surface area contributed by atoms with Crippen molar-refractivity contribution in [3.05, 3.63) is 35.4 Å². The van der Waals surface area contributed by atoms with Crippen molar-refractivity contribution in [3.63, 3.8) is 0 Å². The average molecular weight is 251 g/mol. The van der Waals surface area contributed by atoms with E-state index in [4.69, 9.17) is 0 Å². The molecule has 2 nitrogen and oxygen atoms in total. The fourth-order valence-corrected chi connectivity index (χ4v) is 3.44. The monoisotopic (exact) mass is 251 g/mol. The van der Waals surface area contributed by atoms with Gasteiger partial charge in [-0.15, -0.1) is 0 Å². The number of nitrogens with one attached hydrogen (secondary N) is 1. The molecule has 0 fully saturated rings. The second-order valence-electron chi connectivity index (χ2n) is 5.02. The average Bonchev–Trinajstić information content (AvgIpc) is 2.27. The Balaban J connectivity index is 1.92. The van der Waals surface area contributed by atoms with Crippen molar-refractivity contribution in [2.45, 2.75) is 38.3 Å². The zero-order chi connectivity index (χ0) is 12.3. The minimum Gasteiger partial charge on any atom is -0.310 e. The van der Waals surface area contributed by atoms with E-state index in [1.807, 2.05) is 0 Å². The summed E-state index contributed by atoms with van der Waals surface area (Å²) in [4.78, 5) is 0. The molecule has 2 rings (SSSR count). The SMILES string of the molecule is CC(CS(C)=O)NC1CCc2ccccc2C1. The van der Waals surface area contributed by atoms with Crippen molar-refractivity contribution in [1.82, 2.24) is 5.32 Å². The molecule has 1 aromatic carbocycles. The normalized spacial score (nSPS) is 22.8. The van der Waals surface area contributed by atoms with Crippen LogP contribution in [0.1, 0.15) is 24.5 Å². The van der Waals surface area contributed by atoms with Crippen molar-refractivity contribution >= 4 is 10.8 Å². The molecule has 0 aromatic heterocycles. The van der Waals surface area contributed by atoms with Crippen molar-refractivity contribution in [2.24, 2.45) is 0 Å². The molecule has 1 N–H and O–H groups in total. The van der Waals surface area contributed by atoms with Crippen molar-refractivity contribution in [2.75, 3.05) is 12.0 Å². The Labute approximate surface area is 106 Å². The first-order valence-corrected chi connectivity index (χ1v) is 8.00. The van der Waals surface area contributed by atoms with Crippen LogP contribution in [0.3, 0.4) is 0 Å². The number of benzene rings is 1. The molecule has 0 bridgehead atoms. The summed E-state index contributed by atoms with van der Waals surface area (Å²) in [6.07, 6.45) is 5.23. The minimum absolute atomic E-state index is 0.344. The highest BCUT2D eigenvalue weighted by Crippen LogP contribution is 2.21. The zero-order valence-corrected chi connectivity index (χ0v) is 11.4. The minimum atomic E-state index is -0.708. The second-order valence-corrected chi connectivity index (χ2v) is 6.50. The van der Waals surface area contributed by atoms with Crippen LogP contribution in [0.25, 0.3) is 0 Å². The number of rotatable bonds is 4. The largest absolute Gasteiger partial charge is 0.310 e. The maximum atomic E-state index is 11.2. The molecule has 3 atom stereocenters. The molecule has 0 amide bonds. The van der Waals surface area contributed by atoms with Crippen LogP contribution in [0.4, 0.5) is 0 Å². The number of hydrogen-bond donors (Lipinski definition) is 1. The molecule has 1 aliphatic rings. The van der Waals surface area contributed by atoms with Gasteiger partial charge < -0.3 is 5.32 Å². The summed E-state index contributed by atoms with van der Waals surface area (Å²) >= 11 is 0. The van der Waals surface area contributed by atoms with Gasteiger partial charge in [-0.2, -0.15) is 0 Å². The summed E-state index contributed by atoms with van der Waals surface area (Å²) in [6.45, 7) is 2.13. The van der Waals surface area contributed by atoms with E-state index in [9.17, 15) is 4.21 Å². The third-order valence-electron chi connectivity index (χ3n) is 3.35. The van der Waals surface area contributed by atoms with E-state index in [1.165, 1.54) is 17.5 Å². The number of aryl methyl sites for hydroxylation is 1. The molecular formula is C14H21NOS. The molecule has 1 aromatic rings. The Morgan fingerprint density at radius 3 is 2.82 bits per heavy atom. The lowest BCUT2D eigenvalue weighted by Gasteiger charge is -2.28. The van der Waals surface area contributed by atoms with Crippen LogP contribution in [0.15, 0.2) is 24.3 Å². The third kappa shape index (κ3) is 3.65. The molecule has 0 aliphatic heterocycles. The Hall–Kier alpha value is -0.670.